The highest BCUT2D eigenvalue weighted by Crippen LogP contribution is 2.31. The highest BCUT2D eigenvalue weighted by Gasteiger charge is 2.18. The van der Waals surface area contributed by atoms with Gasteiger partial charge in [0.15, 0.2) is 5.13 Å². The molecular formula is C20H20N6O3S. The lowest BCUT2D eigenvalue weighted by Crippen LogP contribution is -2.26. The summed E-state index contributed by atoms with van der Waals surface area (Å²) >= 11 is 1.38. The SMILES string of the molecule is COc1ccc(-c2nc(NC(=O)Cc3c(C)nc4[nH]nc(C)n4c3=O)sc2C)cc1. The van der Waals surface area contributed by atoms with E-state index in [1.807, 2.05) is 31.2 Å². The van der Waals surface area contributed by atoms with Gasteiger partial charge in [-0.25, -0.2) is 19.5 Å². The number of amides is 1. The number of ether oxygens (including phenoxy) is 1. The van der Waals surface area contributed by atoms with E-state index in [2.05, 4.69) is 25.5 Å². The second-order valence-corrected chi connectivity index (χ2v) is 7.99. The predicted octanol–water partition coefficient (Wildman–Crippen LogP) is 2.66. The lowest BCUT2D eigenvalue weighted by atomic mass is 10.1. The number of carbonyl (C=O) groups excluding carboxylic acids is 1. The molecule has 0 fully saturated rings. The van der Waals surface area contributed by atoms with E-state index in [9.17, 15) is 9.59 Å². The van der Waals surface area contributed by atoms with E-state index < -0.39 is 0 Å². The summed E-state index contributed by atoms with van der Waals surface area (Å²) in [5, 5.41) is 9.98. The van der Waals surface area contributed by atoms with Gasteiger partial charge in [0, 0.05) is 16.0 Å². The molecule has 0 aliphatic heterocycles. The van der Waals surface area contributed by atoms with Crippen LogP contribution in [0.2, 0.25) is 0 Å². The van der Waals surface area contributed by atoms with E-state index in [4.69, 9.17) is 4.74 Å². The number of rotatable bonds is 5. The monoisotopic (exact) mass is 424 g/mol. The van der Waals surface area contributed by atoms with Crippen molar-refractivity contribution >= 4 is 28.2 Å². The Labute approximate surface area is 175 Å². The van der Waals surface area contributed by atoms with Crippen molar-refractivity contribution in [2.24, 2.45) is 0 Å². The Morgan fingerprint density at radius 1 is 1.20 bits per heavy atom. The number of methoxy groups -OCH3 is 1. The molecular weight excluding hydrogens is 404 g/mol. The van der Waals surface area contributed by atoms with Crippen LogP contribution in [0, 0.1) is 20.8 Å². The zero-order valence-electron chi connectivity index (χ0n) is 16.9. The van der Waals surface area contributed by atoms with Crippen molar-refractivity contribution in [1.82, 2.24) is 24.6 Å². The van der Waals surface area contributed by atoms with Crippen LogP contribution >= 0.6 is 11.3 Å². The number of benzene rings is 1. The van der Waals surface area contributed by atoms with Crippen molar-refractivity contribution in [3.8, 4) is 17.0 Å². The molecule has 0 saturated carbocycles. The summed E-state index contributed by atoms with van der Waals surface area (Å²) in [7, 11) is 1.62. The van der Waals surface area contributed by atoms with E-state index in [1.165, 1.54) is 15.7 Å². The Morgan fingerprint density at radius 2 is 1.93 bits per heavy atom. The van der Waals surface area contributed by atoms with Crippen molar-refractivity contribution in [3.63, 3.8) is 0 Å². The van der Waals surface area contributed by atoms with Crippen molar-refractivity contribution in [1.29, 1.82) is 0 Å². The molecule has 0 radical (unpaired) electrons. The van der Waals surface area contributed by atoms with Gasteiger partial charge in [-0.15, -0.1) is 11.3 Å². The number of nitrogens with zero attached hydrogens (tertiary/aromatic N) is 4. The zero-order valence-corrected chi connectivity index (χ0v) is 17.8. The summed E-state index contributed by atoms with van der Waals surface area (Å²) in [4.78, 5) is 35.3. The molecule has 3 aromatic heterocycles. The van der Waals surface area contributed by atoms with E-state index >= 15 is 0 Å². The van der Waals surface area contributed by atoms with Crippen LogP contribution in [0.25, 0.3) is 17.0 Å². The van der Waals surface area contributed by atoms with E-state index in [0.29, 0.717) is 28.0 Å². The quantitative estimate of drug-likeness (QED) is 0.509. The number of nitrogens with one attached hydrogen (secondary N) is 2. The first-order chi connectivity index (χ1) is 14.4. The largest absolute Gasteiger partial charge is 0.497 e. The number of aryl methyl sites for hydroxylation is 3. The first-order valence-electron chi connectivity index (χ1n) is 9.22. The minimum atomic E-state index is -0.326. The van der Waals surface area contributed by atoms with Gasteiger partial charge in [-0.2, -0.15) is 5.10 Å². The van der Waals surface area contributed by atoms with Gasteiger partial charge in [-0.1, -0.05) is 0 Å². The van der Waals surface area contributed by atoms with Gasteiger partial charge in [0.25, 0.3) is 5.56 Å². The topological polar surface area (TPSA) is 114 Å². The van der Waals surface area contributed by atoms with Crippen LogP contribution < -0.4 is 15.6 Å². The Bertz CT molecular complexity index is 1300. The van der Waals surface area contributed by atoms with Gasteiger partial charge in [0.1, 0.15) is 11.6 Å². The maximum absolute atomic E-state index is 12.8. The van der Waals surface area contributed by atoms with Crippen molar-refractivity contribution in [3.05, 3.63) is 56.6 Å². The number of thiazole rings is 1. The molecule has 0 atom stereocenters. The van der Waals surface area contributed by atoms with Gasteiger partial charge in [0.2, 0.25) is 11.7 Å². The number of H-pyrrole nitrogens is 1. The standard InChI is InChI=1S/C20H20N6O3S/c1-10-15(18(28)26-12(3)24-25-19(26)21-10)9-16(27)22-20-23-17(11(2)30-20)13-5-7-14(29-4)8-6-13/h5-8H,9H2,1-4H3,(H,21,25)(H,22,23,27). The van der Waals surface area contributed by atoms with Gasteiger partial charge in [-0.3, -0.25) is 9.59 Å². The van der Waals surface area contributed by atoms with Crippen LogP contribution in [0.3, 0.4) is 0 Å². The van der Waals surface area contributed by atoms with Crippen molar-refractivity contribution < 1.29 is 9.53 Å². The molecule has 0 bridgehead atoms. The predicted molar refractivity (Wildman–Crippen MR) is 114 cm³/mol. The molecule has 30 heavy (non-hydrogen) atoms. The fourth-order valence-corrected chi connectivity index (χ4v) is 4.06. The van der Waals surface area contributed by atoms with Crippen LogP contribution in [-0.4, -0.2) is 37.6 Å². The summed E-state index contributed by atoms with van der Waals surface area (Å²) in [6, 6.07) is 7.57. The molecule has 10 heteroatoms. The third kappa shape index (κ3) is 3.57. The van der Waals surface area contributed by atoms with Crippen LogP contribution in [0.4, 0.5) is 5.13 Å². The van der Waals surface area contributed by atoms with Crippen molar-refractivity contribution in [2.75, 3.05) is 12.4 Å². The number of carbonyl (C=O) groups is 1. The van der Waals surface area contributed by atoms with E-state index in [1.54, 1.807) is 21.0 Å². The molecule has 4 rings (SSSR count). The second-order valence-electron chi connectivity index (χ2n) is 6.79. The molecule has 1 amide bonds. The summed E-state index contributed by atoms with van der Waals surface area (Å²) in [5.74, 6) is 1.29. The maximum atomic E-state index is 12.8. The number of fused-ring (bicyclic) bond motifs is 1. The number of aromatic nitrogens is 5. The van der Waals surface area contributed by atoms with Crippen LogP contribution in [0.15, 0.2) is 29.1 Å². The molecule has 3 heterocycles. The lowest BCUT2D eigenvalue weighted by molar-refractivity contribution is -0.115. The maximum Gasteiger partial charge on any atom is 0.264 e. The van der Waals surface area contributed by atoms with Gasteiger partial charge >= 0.3 is 0 Å². The molecule has 154 valence electrons. The molecule has 9 nitrogen and oxygen atoms in total. The van der Waals surface area contributed by atoms with E-state index in [0.717, 1.165) is 21.9 Å². The Hall–Kier alpha value is -3.53. The summed E-state index contributed by atoms with van der Waals surface area (Å²) < 4.78 is 6.55. The number of aromatic amines is 1. The molecule has 0 aliphatic carbocycles. The van der Waals surface area contributed by atoms with E-state index in [-0.39, 0.29) is 17.9 Å². The average Bonchev–Trinajstić information content (AvgIpc) is 3.27. The number of hydrogen-bond donors (Lipinski definition) is 2. The third-order valence-corrected chi connectivity index (χ3v) is 5.65. The van der Waals surface area contributed by atoms with Gasteiger partial charge in [-0.05, 0) is 45.0 Å². The average molecular weight is 424 g/mol. The molecule has 2 N–H and O–H groups in total. The smallest absolute Gasteiger partial charge is 0.264 e. The third-order valence-electron chi connectivity index (χ3n) is 4.77. The summed E-state index contributed by atoms with van der Waals surface area (Å²) in [5.41, 5.74) is 2.26. The minimum Gasteiger partial charge on any atom is -0.497 e. The summed E-state index contributed by atoms with van der Waals surface area (Å²) in [6.45, 7) is 5.35. The molecule has 4 aromatic rings. The van der Waals surface area contributed by atoms with Crippen LogP contribution in [-0.2, 0) is 11.2 Å². The highest BCUT2D eigenvalue weighted by atomic mass is 32.1. The number of hydrogen-bond acceptors (Lipinski definition) is 7. The lowest BCUT2D eigenvalue weighted by Gasteiger charge is -2.05. The Balaban J connectivity index is 1.56. The van der Waals surface area contributed by atoms with Gasteiger partial charge in [0.05, 0.1) is 24.9 Å². The van der Waals surface area contributed by atoms with Crippen molar-refractivity contribution in [2.45, 2.75) is 27.2 Å². The molecule has 0 spiro atoms. The molecule has 0 saturated heterocycles. The van der Waals surface area contributed by atoms with Crippen LogP contribution in [0.5, 0.6) is 5.75 Å². The zero-order chi connectivity index (χ0) is 21.4. The molecule has 0 unspecified atom stereocenters. The van der Waals surface area contributed by atoms with Gasteiger partial charge < -0.3 is 10.1 Å². The summed E-state index contributed by atoms with van der Waals surface area (Å²) in [6.07, 6.45) is -0.0955. The fraction of sp³-hybridized carbons (Fsp3) is 0.250. The first-order valence-corrected chi connectivity index (χ1v) is 10.0. The second kappa shape index (κ2) is 7.71. The molecule has 0 aliphatic rings. The molecule has 1 aromatic carbocycles. The first kappa shape index (κ1) is 19.8. The normalized spacial score (nSPS) is 11.1. The minimum absolute atomic E-state index is 0.0955. The number of anilines is 1. The Kier molecular flexibility index (Phi) is 5.08. The fourth-order valence-electron chi connectivity index (χ4n) is 3.21. The highest BCUT2D eigenvalue weighted by molar-refractivity contribution is 7.16. The van der Waals surface area contributed by atoms with Crippen LogP contribution in [0.1, 0.15) is 22.0 Å². The Morgan fingerprint density at radius 3 is 2.63 bits per heavy atom.